The lowest BCUT2D eigenvalue weighted by Crippen LogP contribution is -2.27. The number of methoxy groups -OCH3 is 1. The largest absolute Gasteiger partial charge is 0.385 e. The van der Waals surface area contributed by atoms with Crippen LogP contribution in [0.2, 0.25) is 0 Å². The standard InChI is InChI=1S/C22H24N4O2/c1-28-14-8-13-23-22(27)20-15-21(25-17-24-20)26(19-11-6-3-7-12-19)16-18-9-4-2-5-10-18/h2-7,9-12,15,17H,8,13-14,16H2,1H3,(H,23,27). The van der Waals surface area contributed by atoms with Crippen molar-refractivity contribution in [3.63, 3.8) is 0 Å². The van der Waals surface area contributed by atoms with Crippen LogP contribution < -0.4 is 10.2 Å². The number of benzene rings is 2. The van der Waals surface area contributed by atoms with E-state index in [-0.39, 0.29) is 5.91 Å². The first-order valence-electron chi connectivity index (χ1n) is 9.23. The van der Waals surface area contributed by atoms with E-state index in [1.54, 1.807) is 13.2 Å². The summed E-state index contributed by atoms with van der Waals surface area (Å²) in [6, 6.07) is 21.9. The van der Waals surface area contributed by atoms with Crippen molar-refractivity contribution in [2.45, 2.75) is 13.0 Å². The van der Waals surface area contributed by atoms with Crippen LogP contribution in [0.1, 0.15) is 22.5 Å². The number of anilines is 2. The highest BCUT2D eigenvalue weighted by Crippen LogP contribution is 2.25. The summed E-state index contributed by atoms with van der Waals surface area (Å²) in [6.45, 7) is 1.78. The van der Waals surface area contributed by atoms with Crippen molar-refractivity contribution >= 4 is 17.4 Å². The summed E-state index contributed by atoms with van der Waals surface area (Å²) in [5, 5.41) is 2.86. The molecule has 0 unspecified atom stereocenters. The average Bonchev–Trinajstić information content (AvgIpc) is 2.76. The number of hydrogen-bond acceptors (Lipinski definition) is 5. The van der Waals surface area contributed by atoms with Gasteiger partial charge in [-0.05, 0) is 24.1 Å². The van der Waals surface area contributed by atoms with Gasteiger partial charge < -0.3 is 15.0 Å². The van der Waals surface area contributed by atoms with Crippen LogP contribution in [0.4, 0.5) is 11.5 Å². The second-order valence-electron chi connectivity index (χ2n) is 6.27. The highest BCUT2D eigenvalue weighted by atomic mass is 16.5. The zero-order chi connectivity index (χ0) is 19.6. The Balaban J connectivity index is 1.83. The molecule has 144 valence electrons. The summed E-state index contributed by atoms with van der Waals surface area (Å²) >= 11 is 0. The molecule has 1 N–H and O–H groups in total. The van der Waals surface area contributed by atoms with Gasteiger partial charge >= 0.3 is 0 Å². The molecular weight excluding hydrogens is 352 g/mol. The quantitative estimate of drug-likeness (QED) is 0.578. The molecule has 0 spiro atoms. The maximum absolute atomic E-state index is 12.4. The second kappa shape index (κ2) is 10.2. The molecule has 2 aromatic carbocycles. The van der Waals surface area contributed by atoms with E-state index in [2.05, 4.69) is 32.3 Å². The summed E-state index contributed by atoms with van der Waals surface area (Å²) in [4.78, 5) is 23.0. The molecule has 28 heavy (non-hydrogen) atoms. The minimum atomic E-state index is -0.215. The first-order valence-corrected chi connectivity index (χ1v) is 9.23. The number of hydrogen-bond donors (Lipinski definition) is 1. The number of carbonyl (C=O) groups excluding carboxylic acids is 1. The van der Waals surface area contributed by atoms with Gasteiger partial charge in [0, 0.05) is 38.6 Å². The minimum Gasteiger partial charge on any atom is -0.385 e. The average molecular weight is 376 g/mol. The molecule has 0 atom stereocenters. The molecule has 3 rings (SSSR count). The van der Waals surface area contributed by atoms with E-state index in [1.165, 1.54) is 6.33 Å². The second-order valence-corrected chi connectivity index (χ2v) is 6.27. The van der Waals surface area contributed by atoms with E-state index < -0.39 is 0 Å². The van der Waals surface area contributed by atoms with Crippen LogP contribution in [-0.4, -0.2) is 36.1 Å². The van der Waals surface area contributed by atoms with Gasteiger partial charge in [0.05, 0.1) is 0 Å². The van der Waals surface area contributed by atoms with Gasteiger partial charge in [0.1, 0.15) is 17.8 Å². The molecule has 0 aliphatic carbocycles. The Morgan fingerprint density at radius 3 is 2.46 bits per heavy atom. The van der Waals surface area contributed by atoms with Gasteiger partial charge in [-0.25, -0.2) is 9.97 Å². The van der Waals surface area contributed by atoms with Crippen molar-refractivity contribution in [3.8, 4) is 0 Å². The number of rotatable bonds is 9. The maximum atomic E-state index is 12.4. The van der Waals surface area contributed by atoms with Crippen molar-refractivity contribution in [1.82, 2.24) is 15.3 Å². The molecule has 1 heterocycles. The fraction of sp³-hybridized carbons (Fsp3) is 0.227. The Kier molecular flexibility index (Phi) is 7.09. The smallest absolute Gasteiger partial charge is 0.270 e. The molecule has 0 fully saturated rings. The third-order valence-corrected chi connectivity index (χ3v) is 4.22. The lowest BCUT2D eigenvalue weighted by molar-refractivity contribution is 0.0943. The van der Waals surface area contributed by atoms with Gasteiger partial charge in [-0.2, -0.15) is 0 Å². The summed E-state index contributed by atoms with van der Waals surface area (Å²) in [5.41, 5.74) is 2.49. The predicted molar refractivity (Wildman–Crippen MR) is 110 cm³/mol. The van der Waals surface area contributed by atoms with Crippen LogP contribution in [0.15, 0.2) is 73.1 Å². The Bertz CT molecular complexity index is 872. The molecule has 0 saturated heterocycles. The number of nitrogens with zero attached hydrogens (tertiary/aromatic N) is 3. The summed E-state index contributed by atoms with van der Waals surface area (Å²) in [5.74, 6) is 0.458. The molecule has 0 aliphatic heterocycles. The van der Waals surface area contributed by atoms with Gasteiger partial charge in [0.2, 0.25) is 0 Å². The van der Waals surface area contributed by atoms with Crippen LogP contribution in [0.3, 0.4) is 0 Å². The molecule has 0 radical (unpaired) electrons. The van der Waals surface area contributed by atoms with Gasteiger partial charge in [-0.1, -0.05) is 48.5 Å². The van der Waals surface area contributed by atoms with E-state index in [9.17, 15) is 4.79 Å². The maximum Gasteiger partial charge on any atom is 0.270 e. The molecule has 6 nitrogen and oxygen atoms in total. The zero-order valence-electron chi connectivity index (χ0n) is 15.9. The topological polar surface area (TPSA) is 67.3 Å². The molecule has 1 amide bonds. The number of aromatic nitrogens is 2. The van der Waals surface area contributed by atoms with Crippen molar-refractivity contribution in [3.05, 3.63) is 84.3 Å². The van der Waals surface area contributed by atoms with E-state index in [4.69, 9.17) is 4.74 Å². The van der Waals surface area contributed by atoms with Gasteiger partial charge in [-0.3, -0.25) is 4.79 Å². The fourth-order valence-corrected chi connectivity index (χ4v) is 2.81. The fourth-order valence-electron chi connectivity index (χ4n) is 2.81. The van der Waals surface area contributed by atoms with Crippen LogP contribution in [0.25, 0.3) is 0 Å². The predicted octanol–water partition coefficient (Wildman–Crippen LogP) is 3.58. The first-order chi connectivity index (χ1) is 13.8. The number of para-hydroxylation sites is 1. The molecule has 0 bridgehead atoms. The van der Waals surface area contributed by atoms with Gasteiger partial charge in [0.25, 0.3) is 5.91 Å². The number of ether oxygens (including phenoxy) is 1. The monoisotopic (exact) mass is 376 g/mol. The summed E-state index contributed by atoms with van der Waals surface area (Å²) in [7, 11) is 1.64. The summed E-state index contributed by atoms with van der Waals surface area (Å²) in [6.07, 6.45) is 2.19. The Morgan fingerprint density at radius 1 is 1.04 bits per heavy atom. The lowest BCUT2D eigenvalue weighted by atomic mass is 10.2. The Hall–Kier alpha value is -3.25. The molecule has 0 aliphatic rings. The Morgan fingerprint density at radius 2 is 1.75 bits per heavy atom. The normalized spacial score (nSPS) is 10.5. The highest BCUT2D eigenvalue weighted by Gasteiger charge is 2.15. The number of amides is 1. The van der Waals surface area contributed by atoms with Crippen molar-refractivity contribution < 1.29 is 9.53 Å². The highest BCUT2D eigenvalue weighted by molar-refractivity contribution is 5.93. The van der Waals surface area contributed by atoms with Crippen molar-refractivity contribution in [2.75, 3.05) is 25.2 Å². The lowest BCUT2D eigenvalue weighted by Gasteiger charge is -2.24. The molecule has 3 aromatic rings. The van der Waals surface area contributed by atoms with Gasteiger partial charge in [0.15, 0.2) is 0 Å². The Labute approximate surface area is 165 Å². The van der Waals surface area contributed by atoms with E-state index >= 15 is 0 Å². The number of nitrogens with one attached hydrogen (secondary N) is 1. The molecule has 0 saturated carbocycles. The van der Waals surface area contributed by atoms with Crippen LogP contribution in [-0.2, 0) is 11.3 Å². The van der Waals surface area contributed by atoms with Crippen LogP contribution >= 0.6 is 0 Å². The van der Waals surface area contributed by atoms with E-state index in [0.29, 0.717) is 31.2 Å². The van der Waals surface area contributed by atoms with E-state index in [1.807, 2.05) is 48.5 Å². The van der Waals surface area contributed by atoms with Crippen molar-refractivity contribution in [2.24, 2.45) is 0 Å². The molecule has 6 heteroatoms. The number of carbonyl (C=O) groups is 1. The third-order valence-electron chi connectivity index (χ3n) is 4.22. The minimum absolute atomic E-state index is 0.215. The SMILES string of the molecule is COCCCNC(=O)c1cc(N(Cc2ccccc2)c2ccccc2)ncn1. The summed E-state index contributed by atoms with van der Waals surface area (Å²) < 4.78 is 5.00. The van der Waals surface area contributed by atoms with Crippen LogP contribution in [0.5, 0.6) is 0 Å². The third kappa shape index (κ3) is 5.37. The van der Waals surface area contributed by atoms with Gasteiger partial charge in [-0.15, -0.1) is 0 Å². The first kappa shape index (κ1) is 19.5. The van der Waals surface area contributed by atoms with E-state index in [0.717, 1.165) is 17.7 Å². The zero-order valence-corrected chi connectivity index (χ0v) is 15.9. The molecular formula is C22H24N4O2. The van der Waals surface area contributed by atoms with Crippen LogP contribution in [0, 0.1) is 0 Å². The van der Waals surface area contributed by atoms with Crippen molar-refractivity contribution in [1.29, 1.82) is 0 Å². The molecule has 1 aromatic heterocycles.